The maximum Gasteiger partial charge on any atom is 0.412 e. The molecular formula is C18H28IN3O4S. The molecule has 7 nitrogen and oxygen atoms in total. The lowest BCUT2D eigenvalue weighted by Crippen LogP contribution is -2.41. The molecule has 0 bridgehead atoms. The third kappa shape index (κ3) is 7.10. The van der Waals surface area contributed by atoms with Crippen molar-refractivity contribution in [2.24, 2.45) is 0 Å². The Kier molecular flexibility index (Phi) is 6.99. The number of carbonyl (C=O) groups excluding carboxylic acids is 2. The second-order valence-electron chi connectivity index (χ2n) is 8.54. The molecule has 1 aliphatic rings. The average Bonchev–Trinajstić information content (AvgIpc) is 2.84. The maximum absolute atomic E-state index is 12.2. The summed E-state index contributed by atoms with van der Waals surface area (Å²) in [6.45, 7) is 12.4. The van der Waals surface area contributed by atoms with Crippen LogP contribution in [0.25, 0.3) is 0 Å². The van der Waals surface area contributed by atoms with Gasteiger partial charge in [-0.3, -0.25) is 5.32 Å². The fraction of sp³-hybridized carbons (Fsp3) is 0.722. The van der Waals surface area contributed by atoms with Gasteiger partial charge in [-0.2, -0.15) is 0 Å². The molecule has 152 valence electrons. The average molecular weight is 509 g/mol. The van der Waals surface area contributed by atoms with Gasteiger partial charge >= 0.3 is 12.2 Å². The summed E-state index contributed by atoms with van der Waals surface area (Å²) in [6.07, 6.45) is 0.918. The first-order valence-corrected chi connectivity index (χ1v) is 10.9. The zero-order chi connectivity index (χ0) is 20.4. The van der Waals surface area contributed by atoms with E-state index in [9.17, 15) is 9.59 Å². The number of aromatic nitrogens is 1. The Morgan fingerprint density at radius 2 is 1.67 bits per heavy atom. The Hall–Kier alpha value is -1.10. The predicted molar refractivity (Wildman–Crippen MR) is 114 cm³/mol. The van der Waals surface area contributed by atoms with Crippen LogP contribution in [0.15, 0.2) is 0 Å². The van der Waals surface area contributed by atoms with Crippen LogP contribution < -0.4 is 5.32 Å². The molecule has 1 fully saturated rings. The molecular weight excluding hydrogens is 481 g/mol. The van der Waals surface area contributed by atoms with Crippen LogP contribution in [0.5, 0.6) is 0 Å². The van der Waals surface area contributed by atoms with Gasteiger partial charge in [-0.15, -0.1) is 0 Å². The fourth-order valence-corrected chi connectivity index (χ4v) is 4.50. The molecule has 0 spiro atoms. The van der Waals surface area contributed by atoms with Gasteiger partial charge in [0.15, 0.2) is 0 Å². The van der Waals surface area contributed by atoms with Crippen LogP contribution in [0.1, 0.15) is 65.3 Å². The first-order valence-electron chi connectivity index (χ1n) is 8.98. The minimum atomic E-state index is -0.544. The van der Waals surface area contributed by atoms with Crippen molar-refractivity contribution in [3.05, 3.63) is 8.71 Å². The van der Waals surface area contributed by atoms with E-state index in [-0.39, 0.29) is 12.0 Å². The summed E-state index contributed by atoms with van der Waals surface area (Å²) >= 11 is 3.60. The zero-order valence-corrected chi connectivity index (χ0v) is 19.7. The number of likely N-dealkylation sites (tertiary alicyclic amines) is 1. The largest absolute Gasteiger partial charge is 0.444 e. The van der Waals surface area contributed by atoms with E-state index in [1.54, 1.807) is 4.90 Å². The van der Waals surface area contributed by atoms with Crippen molar-refractivity contribution in [2.45, 2.75) is 71.5 Å². The highest BCUT2D eigenvalue weighted by Crippen LogP contribution is 2.36. The maximum atomic E-state index is 12.2. The van der Waals surface area contributed by atoms with Gasteiger partial charge in [0.2, 0.25) is 0 Å². The van der Waals surface area contributed by atoms with Gasteiger partial charge in [-0.1, -0.05) is 11.3 Å². The number of nitrogens with zero attached hydrogens (tertiary/aromatic N) is 2. The molecule has 2 amide bonds. The molecule has 0 unspecified atom stereocenters. The summed E-state index contributed by atoms with van der Waals surface area (Å²) in [7, 11) is 0. The van der Waals surface area contributed by atoms with E-state index in [1.165, 1.54) is 11.3 Å². The van der Waals surface area contributed by atoms with E-state index in [2.05, 4.69) is 32.9 Å². The number of thiazole rings is 1. The molecule has 1 aromatic rings. The van der Waals surface area contributed by atoms with Crippen LogP contribution >= 0.6 is 33.9 Å². The molecule has 0 aliphatic carbocycles. The second kappa shape index (κ2) is 8.50. The lowest BCUT2D eigenvalue weighted by molar-refractivity contribution is 0.0204. The highest BCUT2D eigenvalue weighted by molar-refractivity contribution is 14.1. The number of hydrogen-bond acceptors (Lipinski definition) is 6. The summed E-state index contributed by atoms with van der Waals surface area (Å²) in [4.78, 5) is 30.5. The van der Waals surface area contributed by atoms with Crippen molar-refractivity contribution in [3.63, 3.8) is 0 Å². The standard InChI is InChI=1S/C18H28IN3O4S/c1-17(2,3)25-15(23)21-14-12(19)20-13(27-14)11-7-9-22(10-8-11)16(24)26-18(4,5)6/h11H,7-10H2,1-6H3,(H,21,23). The third-order valence-corrected chi connectivity index (χ3v) is 5.99. The lowest BCUT2D eigenvalue weighted by atomic mass is 9.98. The van der Waals surface area contributed by atoms with Crippen molar-refractivity contribution in [1.82, 2.24) is 9.88 Å². The van der Waals surface area contributed by atoms with Crippen molar-refractivity contribution < 1.29 is 19.1 Å². The molecule has 27 heavy (non-hydrogen) atoms. The zero-order valence-electron chi connectivity index (χ0n) is 16.7. The molecule has 1 N–H and O–H groups in total. The molecule has 0 saturated carbocycles. The molecule has 2 rings (SSSR count). The van der Waals surface area contributed by atoms with Crippen LogP contribution in [-0.2, 0) is 9.47 Å². The summed E-state index contributed by atoms with van der Waals surface area (Å²) in [6, 6.07) is 0. The second-order valence-corrected chi connectivity index (χ2v) is 10.6. The number of ether oxygens (including phenoxy) is 2. The fourth-order valence-electron chi connectivity index (χ4n) is 2.60. The van der Waals surface area contributed by atoms with Gasteiger partial charge in [0.05, 0.1) is 5.01 Å². The molecule has 1 aliphatic heterocycles. The Labute approximate surface area is 178 Å². The quantitative estimate of drug-likeness (QED) is 0.554. The number of nitrogens with one attached hydrogen (secondary N) is 1. The number of hydrogen-bond donors (Lipinski definition) is 1. The monoisotopic (exact) mass is 509 g/mol. The van der Waals surface area contributed by atoms with Gasteiger partial charge < -0.3 is 14.4 Å². The Morgan fingerprint density at radius 1 is 1.11 bits per heavy atom. The number of anilines is 1. The molecule has 0 atom stereocenters. The van der Waals surface area contributed by atoms with Crippen LogP contribution in [0.3, 0.4) is 0 Å². The van der Waals surface area contributed by atoms with Crippen LogP contribution in [0.2, 0.25) is 0 Å². The Bertz CT molecular complexity index is 686. The minimum absolute atomic E-state index is 0.262. The van der Waals surface area contributed by atoms with Gasteiger partial charge in [-0.25, -0.2) is 14.6 Å². The van der Waals surface area contributed by atoms with Gasteiger partial charge in [-0.05, 0) is 77.0 Å². The van der Waals surface area contributed by atoms with Crippen LogP contribution in [-0.4, -0.2) is 46.4 Å². The number of carbonyl (C=O) groups is 2. The molecule has 1 saturated heterocycles. The normalized spacial score (nSPS) is 16.2. The molecule has 9 heteroatoms. The summed E-state index contributed by atoms with van der Waals surface area (Å²) in [5.74, 6) is 0.274. The van der Waals surface area contributed by atoms with Gasteiger partial charge in [0, 0.05) is 19.0 Å². The van der Waals surface area contributed by atoms with E-state index < -0.39 is 17.3 Å². The minimum Gasteiger partial charge on any atom is -0.444 e. The lowest BCUT2D eigenvalue weighted by Gasteiger charge is -2.32. The smallest absolute Gasteiger partial charge is 0.412 e. The number of amides is 2. The number of piperidine rings is 1. The first kappa shape index (κ1) is 22.2. The van der Waals surface area contributed by atoms with Crippen LogP contribution in [0, 0.1) is 3.70 Å². The van der Waals surface area contributed by atoms with Crippen molar-refractivity contribution in [1.29, 1.82) is 0 Å². The SMILES string of the molecule is CC(C)(C)OC(=O)Nc1sc(C2CCN(C(=O)OC(C)(C)C)CC2)nc1I. The topological polar surface area (TPSA) is 80.8 Å². The molecule has 1 aromatic heterocycles. The van der Waals surface area contributed by atoms with Gasteiger partial charge in [0.25, 0.3) is 0 Å². The van der Waals surface area contributed by atoms with Crippen molar-refractivity contribution >= 4 is 51.1 Å². The van der Waals surface area contributed by atoms with E-state index in [4.69, 9.17) is 9.47 Å². The van der Waals surface area contributed by atoms with E-state index in [0.29, 0.717) is 18.1 Å². The van der Waals surface area contributed by atoms with Crippen LogP contribution in [0.4, 0.5) is 14.6 Å². The highest BCUT2D eigenvalue weighted by atomic mass is 127. The Morgan fingerprint density at radius 3 is 2.19 bits per heavy atom. The van der Waals surface area contributed by atoms with Gasteiger partial charge in [0.1, 0.15) is 19.9 Å². The summed E-state index contributed by atoms with van der Waals surface area (Å²) in [5.41, 5.74) is -1.03. The van der Waals surface area contributed by atoms with Crippen molar-refractivity contribution in [3.8, 4) is 0 Å². The molecule has 0 radical (unpaired) electrons. The molecule has 0 aromatic carbocycles. The predicted octanol–water partition coefficient (Wildman–Crippen LogP) is 5.21. The number of halogens is 1. The highest BCUT2D eigenvalue weighted by Gasteiger charge is 2.29. The van der Waals surface area contributed by atoms with E-state index in [1.807, 2.05) is 41.5 Å². The van der Waals surface area contributed by atoms with Crippen molar-refractivity contribution in [2.75, 3.05) is 18.4 Å². The van der Waals surface area contributed by atoms with E-state index >= 15 is 0 Å². The summed E-state index contributed by atoms with van der Waals surface area (Å²) in [5, 5.41) is 4.47. The first-order chi connectivity index (χ1) is 12.3. The Balaban J connectivity index is 1.93. The number of rotatable bonds is 2. The molecule has 2 heterocycles. The summed E-state index contributed by atoms with van der Waals surface area (Å²) < 4.78 is 11.5. The third-order valence-electron chi connectivity index (χ3n) is 3.71. The van der Waals surface area contributed by atoms with E-state index in [0.717, 1.165) is 21.5 Å².